The second-order valence-electron chi connectivity index (χ2n) is 6.64. The van der Waals surface area contributed by atoms with Crippen molar-refractivity contribution in [3.05, 3.63) is 29.8 Å². The van der Waals surface area contributed by atoms with E-state index in [2.05, 4.69) is 29.5 Å². The van der Waals surface area contributed by atoms with Crippen LogP contribution in [-0.2, 0) is 6.54 Å². The first-order valence-corrected chi connectivity index (χ1v) is 8.73. The lowest BCUT2D eigenvalue weighted by Gasteiger charge is -2.16. The molecule has 1 aliphatic rings. The van der Waals surface area contributed by atoms with Crippen LogP contribution < -0.4 is 16.4 Å². The highest BCUT2D eigenvalue weighted by Crippen LogP contribution is 2.14. The topological polar surface area (TPSA) is 82.7 Å². The van der Waals surface area contributed by atoms with Crippen molar-refractivity contribution in [3.63, 3.8) is 0 Å². The van der Waals surface area contributed by atoms with Crippen molar-refractivity contribution in [3.8, 4) is 0 Å². The van der Waals surface area contributed by atoms with E-state index in [1.54, 1.807) is 0 Å². The molecular formula is C18H29N5O. The van der Waals surface area contributed by atoms with Crippen LogP contribution in [0.1, 0.15) is 38.7 Å². The van der Waals surface area contributed by atoms with Gasteiger partial charge in [0, 0.05) is 25.3 Å². The van der Waals surface area contributed by atoms with Gasteiger partial charge in [-0.3, -0.25) is 0 Å². The molecule has 0 unspecified atom stereocenters. The van der Waals surface area contributed by atoms with E-state index in [9.17, 15) is 4.79 Å². The second kappa shape index (κ2) is 9.15. The summed E-state index contributed by atoms with van der Waals surface area (Å²) in [6.45, 7) is 7.36. The van der Waals surface area contributed by atoms with Crippen LogP contribution in [0.4, 0.5) is 10.5 Å². The van der Waals surface area contributed by atoms with Crippen LogP contribution in [0.5, 0.6) is 0 Å². The van der Waals surface area contributed by atoms with Gasteiger partial charge in [-0.25, -0.2) is 9.79 Å². The molecule has 0 spiro atoms. The summed E-state index contributed by atoms with van der Waals surface area (Å²) in [7, 11) is 0. The number of nitrogens with zero attached hydrogens (tertiary/aromatic N) is 2. The summed E-state index contributed by atoms with van der Waals surface area (Å²) in [6.07, 6.45) is 3.24. The maximum absolute atomic E-state index is 12.1. The molecule has 4 N–H and O–H groups in total. The van der Waals surface area contributed by atoms with Crippen molar-refractivity contribution < 1.29 is 4.79 Å². The summed E-state index contributed by atoms with van der Waals surface area (Å²) in [5.74, 6) is 1.10. The molecule has 6 nitrogen and oxygen atoms in total. The van der Waals surface area contributed by atoms with Crippen LogP contribution in [0.2, 0.25) is 0 Å². The van der Waals surface area contributed by atoms with Gasteiger partial charge in [-0.15, -0.1) is 0 Å². The fourth-order valence-corrected chi connectivity index (χ4v) is 2.59. The number of amides is 2. The number of carbonyl (C=O) groups is 1. The van der Waals surface area contributed by atoms with Crippen LogP contribution in [-0.4, -0.2) is 36.5 Å². The molecule has 1 saturated heterocycles. The second-order valence-corrected chi connectivity index (χ2v) is 6.64. The molecule has 0 saturated carbocycles. The van der Waals surface area contributed by atoms with E-state index >= 15 is 0 Å². The highest BCUT2D eigenvalue weighted by Gasteiger charge is 2.17. The number of anilines is 1. The normalized spacial score (nSPS) is 15.0. The molecule has 1 aliphatic heterocycles. The minimum absolute atomic E-state index is 0.0250. The average Bonchev–Trinajstić information content (AvgIpc) is 3.07. The Morgan fingerprint density at radius 3 is 2.79 bits per heavy atom. The minimum atomic E-state index is -0.0250. The Kier molecular flexibility index (Phi) is 6.90. The number of rotatable bonds is 6. The highest BCUT2D eigenvalue weighted by molar-refractivity contribution is 5.89. The molecule has 24 heavy (non-hydrogen) atoms. The van der Waals surface area contributed by atoms with Gasteiger partial charge >= 0.3 is 6.03 Å². The number of urea groups is 1. The number of aliphatic imine (C=N–C) groups is 1. The molecule has 0 atom stereocenters. The Bertz CT molecular complexity index is 564. The van der Waals surface area contributed by atoms with E-state index in [-0.39, 0.29) is 6.03 Å². The van der Waals surface area contributed by atoms with Gasteiger partial charge in [0.2, 0.25) is 0 Å². The molecule has 0 radical (unpaired) electrons. The lowest BCUT2D eigenvalue weighted by atomic mass is 10.1. The maximum Gasteiger partial charge on any atom is 0.321 e. The smallest absolute Gasteiger partial charge is 0.321 e. The number of carbonyl (C=O) groups excluding carboxylic acids is 1. The Labute approximate surface area is 144 Å². The number of guanidine groups is 1. The van der Waals surface area contributed by atoms with Crippen LogP contribution >= 0.6 is 0 Å². The predicted molar refractivity (Wildman–Crippen MR) is 99.1 cm³/mol. The van der Waals surface area contributed by atoms with E-state index in [1.165, 1.54) is 0 Å². The van der Waals surface area contributed by atoms with Gasteiger partial charge in [-0.2, -0.15) is 0 Å². The quantitative estimate of drug-likeness (QED) is 0.554. The minimum Gasteiger partial charge on any atom is -0.370 e. The first-order valence-electron chi connectivity index (χ1n) is 8.73. The lowest BCUT2D eigenvalue weighted by Crippen LogP contribution is -2.33. The molecular weight excluding hydrogens is 302 g/mol. The van der Waals surface area contributed by atoms with E-state index in [0.717, 1.165) is 50.1 Å². The zero-order valence-corrected chi connectivity index (χ0v) is 14.7. The molecule has 6 heteroatoms. The van der Waals surface area contributed by atoms with Crippen molar-refractivity contribution >= 4 is 17.7 Å². The third-order valence-electron chi connectivity index (χ3n) is 4.03. The SMILES string of the molecule is CC(C)CCNC(N)=NCc1cccc(NC(=O)N2CCCC2)c1. The monoisotopic (exact) mass is 331 g/mol. The van der Waals surface area contributed by atoms with Crippen LogP contribution in [0.15, 0.2) is 29.3 Å². The van der Waals surface area contributed by atoms with Crippen molar-refractivity contribution in [1.29, 1.82) is 0 Å². The highest BCUT2D eigenvalue weighted by atomic mass is 16.2. The third kappa shape index (κ3) is 6.10. The zero-order chi connectivity index (χ0) is 17.4. The molecule has 2 rings (SSSR count). The molecule has 0 bridgehead atoms. The van der Waals surface area contributed by atoms with Crippen molar-refractivity contribution in [2.75, 3.05) is 25.0 Å². The zero-order valence-electron chi connectivity index (χ0n) is 14.7. The number of nitrogens with two attached hydrogens (primary N) is 1. The summed E-state index contributed by atoms with van der Waals surface area (Å²) < 4.78 is 0. The Balaban J connectivity index is 1.84. The molecule has 0 aliphatic carbocycles. The number of hydrogen-bond acceptors (Lipinski definition) is 2. The molecule has 1 aromatic rings. The van der Waals surface area contributed by atoms with Gasteiger partial charge in [0.25, 0.3) is 0 Å². The molecule has 132 valence electrons. The number of nitrogens with one attached hydrogen (secondary N) is 2. The summed E-state index contributed by atoms with van der Waals surface area (Å²) in [4.78, 5) is 18.3. The number of benzene rings is 1. The van der Waals surface area contributed by atoms with Gasteiger partial charge in [0.05, 0.1) is 6.54 Å². The van der Waals surface area contributed by atoms with E-state index in [4.69, 9.17) is 5.73 Å². The molecule has 1 aromatic carbocycles. The van der Waals surface area contributed by atoms with Crippen LogP contribution in [0, 0.1) is 5.92 Å². The fourth-order valence-electron chi connectivity index (χ4n) is 2.59. The summed E-state index contributed by atoms with van der Waals surface area (Å²) in [5, 5.41) is 6.07. The van der Waals surface area contributed by atoms with E-state index < -0.39 is 0 Å². The lowest BCUT2D eigenvalue weighted by molar-refractivity contribution is 0.222. The largest absolute Gasteiger partial charge is 0.370 e. The average molecular weight is 331 g/mol. The van der Waals surface area contributed by atoms with E-state index in [0.29, 0.717) is 18.4 Å². The number of hydrogen-bond donors (Lipinski definition) is 3. The van der Waals surface area contributed by atoms with Crippen LogP contribution in [0.3, 0.4) is 0 Å². The first kappa shape index (κ1) is 18.1. The number of likely N-dealkylation sites (tertiary alicyclic amines) is 1. The molecule has 1 fully saturated rings. The van der Waals surface area contributed by atoms with Gasteiger partial charge < -0.3 is 21.3 Å². The maximum atomic E-state index is 12.1. The van der Waals surface area contributed by atoms with Gasteiger partial charge in [-0.1, -0.05) is 26.0 Å². The summed E-state index contributed by atoms with van der Waals surface area (Å²) in [5.41, 5.74) is 7.69. The summed E-state index contributed by atoms with van der Waals surface area (Å²) >= 11 is 0. The Morgan fingerprint density at radius 2 is 2.08 bits per heavy atom. The van der Waals surface area contributed by atoms with E-state index in [1.807, 2.05) is 29.2 Å². The molecule has 1 heterocycles. The summed E-state index contributed by atoms with van der Waals surface area (Å²) in [6, 6.07) is 7.72. The van der Waals surface area contributed by atoms with Gasteiger partial charge in [0.1, 0.15) is 0 Å². The fraction of sp³-hybridized carbons (Fsp3) is 0.556. The predicted octanol–water partition coefficient (Wildman–Crippen LogP) is 2.76. The van der Waals surface area contributed by atoms with Crippen molar-refractivity contribution in [2.45, 2.75) is 39.7 Å². The standard InChI is InChI=1S/C18H29N5O/c1-14(2)8-9-20-17(19)21-13-15-6-5-7-16(12-15)22-18(24)23-10-3-4-11-23/h5-7,12,14H,3-4,8-11,13H2,1-2H3,(H,22,24)(H3,19,20,21). The van der Waals surface area contributed by atoms with Crippen molar-refractivity contribution in [1.82, 2.24) is 10.2 Å². The first-order chi connectivity index (χ1) is 11.5. The molecule has 0 aromatic heterocycles. The van der Waals surface area contributed by atoms with Crippen molar-refractivity contribution in [2.24, 2.45) is 16.6 Å². The van der Waals surface area contributed by atoms with Gasteiger partial charge in [0.15, 0.2) is 5.96 Å². The molecule has 2 amide bonds. The van der Waals surface area contributed by atoms with Crippen LogP contribution in [0.25, 0.3) is 0 Å². The van der Waals surface area contributed by atoms with Gasteiger partial charge in [-0.05, 0) is 42.9 Å². The Hall–Kier alpha value is -2.24. The third-order valence-corrected chi connectivity index (χ3v) is 4.03. The Morgan fingerprint density at radius 1 is 1.33 bits per heavy atom.